The summed E-state index contributed by atoms with van der Waals surface area (Å²) < 4.78 is 34.3. The quantitative estimate of drug-likeness (QED) is 0.643. The second kappa shape index (κ2) is 7.61. The van der Waals surface area contributed by atoms with Crippen LogP contribution in [0.15, 0.2) is 41.3 Å². The predicted octanol–water partition coefficient (Wildman–Crippen LogP) is 2.78. The van der Waals surface area contributed by atoms with Crippen molar-refractivity contribution in [2.24, 2.45) is 0 Å². The molecule has 0 N–H and O–H groups in total. The Balaban J connectivity index is 2.23. The van der Waals surface area contributed by atoms with Gasteiger partial charge in [0.15, 0.2) is 11.6 Å². The van der Waals surface area contributed by atoms with E-state index in [0.29, 0.717) is 0 Å². The van der Waals surface area contributed by atoms with Gasteiger partial charge in [0.05, 0.1) is 12.0 Å². The number of carbonyl (C=O) groups excluding carboxylic acids is 1. The van der Waals surface area contributed by atoms with Gasteiger partial charge in [-0.1, -0.05) is 19.1 Å². The number of esters is 1. The number of pyridine rings is 1. The van der Waals surface area contributed by atoms with Gasteiger partial charge in [-0.05, 0) is 25.1 Å². The van der Waals surface area contributed by atoms with Crippen LogP contribution in [0.2, 0.25) is 0 Å². The minimum atomic E-state index is -1.02. The molecule has 140 valence electrons. The Hall–Kier alpha value is -3.16. The van der Waals surface area contributed by atoms with Crippen LogP contribution in [0.25, 0.3) is 11.0 Å². The van der Waals surface area contributed by atoms with Gasteiger partial charge in [0.25, 0.3) is 5.56 Å². The molecule has 0 bridgehead atoms. The first kappa shape index (κ1) is 18.6. The highest BCUT2D eigenvalue weighted by Gasteiger charge is 2.23. The highest BCUT2D eigenvalue weighted by atomic mass is 19.2. The van der Waals surface area contributed by atoms with Crippen molar-refractivity contribution in [3.05, 3.63) is 69.9 Å². The number of benzene rings is 1. The first-order valence-corrected chi connectivity index (χ1v) is 8.39. The summed E-state index contributed by atoms with van der Waals surface area (Å²) in [7, 11) is 0. The highest BCUT2D eigenvalue weighted by Crippen LogP contribution is 2.27. The van der Waals surface area contributed by atoms with Crippen LogP contribution in [0.4, 0.5) is 8.78 Å². The van der Waals surface area contributed by atoms with Crippen molar-refractivity contribution >= 4 is 17.0 Å². The van der Waals surface area contributed by atoms with Gasteiger partial charge in [-0.15, -0.1) is 0 Å². The van der Waals surface area contributed by atoms with E-state index in [4.69, 9.17) is 4.74 Å². The molecule has 0 saturated carbocycles. The second-order valence-electron chi connectivity index (χ2n) is 5.91. The Labute approximate surface area is 153 Å². The zero-order valence-corrected chi connectivity index (χ0v) is 14.8. The van der Waals surface area contributed by atoms with Crippen LogP contribution in [0.1, 0.15) is 31.2 Å². The van der Waals surface area contributed by atoms with Gasteiger partial charge in [-0.3, -0.25) is 9.59 Å². The molecule has 0 saturated heterocycles. The smallest absolute Gasteiger partial charge is 0.326 e. The molecule has 27 heavy (non-hydrogen) atoms. The van der Waals surface area contributed by atoms with Gasteiger partial charge in [0.1, 0.15) is 18.0 Å². The molecule has 0 aliphatic carbocycles. The van der Waals surface area contributed by atoms with E-state index in [9.17, 15) is 18.4 Å². The molecule has 0 spiro atoms. The number of fused-ring (bicyclic) bond motifs is 1. The molecule has 6 nitrogen and oxygen atoms in total. The number of rotatable bonds is 5. The number of carbonyl (C=O) groups is 1. The summed E-state index contributed by atoms with van der Waals surface area (Å²) in [6.45, 7) is 3.17. The van der Waals surface area contributed by atoms with Crippen molar-refractivity contribution in [3.8, 4) is 0 Å². The van der Waals surface area contributed by atoms with Crippen LogP contribution in [-0.2, 0) is 16.1 Å². The highest BCUT2D eigenvalue weighted by molar-refractivity contribution is 5.77. The first-order valence-electron chi connectivity index (χ1n) is 8.39. The number of hydrogen-bond donors (Lipinski definition) is 0. The molecule has 3 aromatic rings. The number of ether oxygens (including phenoxy) is 1. The fourth-order valence-electron chi connectivity index (χ4n) is 2.93. The average Bonchev–Trinajstić information content (AvgIpc) is 2.66. The molecule has 1 unspecified atom stereocenters. The SMILES string of the molecule is CCOC(=O)Cn1c(C(C)c2cccc(F)c2F)nc(=O)c2cccnc21. The maximum Gasteiger partial charge on any atom is 0.326 e. The van der Waals surface area contributed by atoms with E-state index < -0.39 is 29.1 Å². The van der Waals surface area contributed by atoms with Crippen LogP contribution >= 0.6 is 0 Å². The largest absolute Gasteiger partial charge is 0.465 e. The van der Waals surface area contributed by atoms with Gasteiger partial charge in [-0.2, -0.15) is 4.98 Å². The lowest BCUT2D eigenvalue weighted by Gasteiger charge is -2.19. The molecule has 0 fully saturated rings. The maximum absolute atomic E-state index is 14.3. The average molecular weight is 373 g/mol. The summed E-state index contributed by atoms with van der Waals surface area (Å²) in [6.07, 6.45) is 1.47. The molecule has 2 heterocycles. The number of nitrogens with zero attached hydrogens (tertiary/aromatic N) is 3. The topological polar surface area (TPSA) is 74.1 Å². The molecular formula is C19H17F2N3O3. The lowest BCUT2D eigenvalue weighted by atomic mass is 9.99. The Kier molecular flexibility index (Phi) is 5.25. The lowest BCUT2D eigenvalue weighted by molar-refractivity contribution is -0.143. The van der Waals surface area contributed by atoms with Gasteiger partial charge in [0, 0.05) is 17.7 Å². The predicted molar refractivity (Wildman–Crippen MR) is 94.3 cm³/mol. The van der Waals surface area contributed by atoms with Crippen LogP contribution in [0.5, 0.6) is 0 Å². The van der Waals surface area contributed by atoms with E-state index in [1.807, 2.05) is 0 Å². The Morgan fingerprint density at radius 2 is 2.04 bits per heavy atom. The summed E-state index contributed by atoms with van der Waals surface area (Å²) in [5.74, 6) is -3.28. The third kappa shape index (κ3) is 3.55. The summed E-state index contributed by atoms with van der Waals surface area (Å²) in [5, 5.41) is 0.220. The molecule has 1 aromatic carbocycles. The normalized spacial score (nSPS) is 12.1. The van der Waals surface area contributed by atoms with Gasteiger partial charge in [-0.25, -0.2) is 13.8 Å². The first-order chi connectivity index (χ1) is 12.9. The number of halogens is 2. The zero-order valence-electron chi connectivity index (χ0n) is 14.8. The second-order valence-corrected chi connectivity index (χ2v) is 5.91. The number of aromatic nitrogens is 3. The van der Waals surface area contributed by atoms with E-state index in [1.165, 1.54) is 29.0 Å². The van der Waals surface area contributed by atoms with Crippen molar-refractivity contribution in [2.45, 2.75) is 26.3 Å². The summed E-state index contributed by atoms with van der Waals surface area (Å²) in [6, 6.07) is 6.91. The van der Waals surface area contributed by atoms with Crippen molar-refractivity contribution in [1.29, 1.82) is 0 Å². The van der Waals surface area contributed by atoms with Crippen molar-refractivity contribution in [2.75, 3.05) is 6.61 Å². The van der Waals surface area contributed by atoms with Crippen molar-refractivity contribution < 1.29 is 18.3 Å². The van der Waals surface area contributed by atoms with Crippen LogP contribution in [0, 0.1) is 11.6 Å². The monoisotopic (exact) mass is 373 g/mol. The number of hydrogen-bond acceptors (Lipinski definition) is 5. The molecule has 1 atom stereocenters. The van der Waals surface area contributed by atoms with Crippen LogP contribution in [0.3, 0.4) is 0 Å². The molecule has 2 aromatic heterocycles. The summed E-state index contributed by atoms with van der Waals surface area (Å²) in [5.41, 5.74) is -0.309. The van der Waals surface area contributed by atoms with Gasteiger partial charge in [0.2, 0.25) is 0 Å². The minimum absolute atomic E-state index is 0.0230. The van der Waals surface area contributed by atoms with Crippen LogP contribution < -0.4 is 5.56 Å². The van der Waals surface area contributed by atoms with E-state index in [-0.39, 0.29) is 35.6 Å². The Morgan fingerprint density at radius 1 is 1.26 bits per heavy atom. The zero-order chi connectivity index (χ0) is 19.6. The molecule has 0 aliphatic heterocycles. The molecule has 0 amide bonds. The minimum Gasteiger partial charge on any atom is -0.465 e. The summed E-state index contributed by atoms with van der Waals surface area (Å²) in [4.78, 5) is 32.7. The molecule has 0 aliphatic rings. The van der Waals surface area contributed by atoms with Gasteiger partial charge < -0.3 is 9.30 Å². The third-order valence-corrected chi connectivity index (χ3v) is 4.19. The lowest BCUT2D eigenvalue weighted by Crippen LogP contribution is -2.25. The van der Waals surface area contributed by atoms with E-state index in [1.54, 1.807) is 19.9 Å². The molecule has 0 radical (unpaired) electrons. The van der Waals surface area contributed by atoms with Crippen molar-refractivity contribution in [3.63, 3.8) is 0 Å². The summed E-state index contributed by atoms with van der Waals surface area (Å²) >= 11 is 0. The fraction of sp³-hybridized carbons (Fsp3) is 0.263. The molecule has 3 rings (SSSR count). The standard InChI is InChI=1S/C19H17F2N3O3/c1-3-27-15(25)10-24-17(11(2)12-6-4-8-14(20)16(12)21)23-19(26)13-7-5-9-22-18(13)24/h4-9,11H,3,10H2,1-2H3. The molecule has 8 heteroatoms. The van der Waals surface area contributed by atoms with Crippen LogP contribution in [-0.4, -0.2) is 27.1 Å². The van der Waals surface area contributed by atoms with E-state index in [0.717, 1.165) is 6.07 Å². The van der Waals surface area contributed by atoms with E-state index >= 15 is 0 Å². The van der Waals surface area contributed by atoms with Crippen molar-refractivity contribution in [1.82, 2.24) is 14.5 Å². The van der Waals surface area contributed by atoms with Gasteiger partial charge >= 0.3 is 5.97 Å². The maximum atomic E-state index is 14.3. The Morgan fingerprint density at radius 3 is 2.78 bits per heavy atom. The van der Waals surface area contributed by atoms with E-state index in [2.05, 4.69) is 9.97 Å². The fourth-order valence-corrected chi connectivity index (χ4v) is 2.93. The third-order valence-electron chi connectivity index (χ3n) is 4.19. The Bertz CT molecular complexity index is 1070. The molecular weight excluding hydrogens is 356 g/mol.